The number of fused-ring (bicyclic) bond motifs is 1. The van der Waals surface area contributed by atoms with Crippen LogP contribution in [0.3, 0.4) is 0 Å². The molecule has 1 aromatic heterocycles. The van der Waals surface area contributed by atoms with Gasteiger partial charge in [0.15, 0.2) is 0 Å². The molecule has 0 aliphatic carbocycles. The number of benzene rings is 1. The lowest BCUT2D eigenvalue weighted by Crippen LogP contribution is -2.49. The number of carbonyl (C=O) groups is 3. The summed E-state index contributed by atoms with van der Waals surface area (Å²) < 4.78 is 5.29. The summed E-state index contributed by atoms with van der Waals surface area (Å²) in [5.74, 6) is -0.686. The van der Waals surface area contributed by atoms with Crippen molar-refractivity contribution in [1.82, 2.24) is 20.9 Å². The van der Waals surface area contributed by atoms with Gasteiger partial charge in [0.1, 0.15) is 23.5 Å². The highest BCUT2D eigenvalue weighted by atomic mass is 16.5. The SMILES string of the molecule is COc1cccc2[nH]c(C(=O)N[C@@H](C)C(=O)N[C@H](C#N)C[C@@H]3CCCNC3=O)cc12. The van der Waals surface area contributed by atoms with E-state index < -0.39 is 23.9 Å². The first kappa shape index (κ1) is 21.2. The Hall–Kier alpha value is -3.54. The molecule has 9 heteroatoms. The van der Waals surface area contributed by atoms with E-state index in [9.17, 15) is 19.6 Å². The predicted molar refractivity (Wildman–Crippen MR) is 110 cm³/mol. The fourth-order valence-electron chi connectivity index (χ4n) is 3.55. The van der Waals surface area contributed by atoms with Crippen LogP contribution in [0.25, 0.3) is 10.9 Å². The average Bonchev–Trinajstić information content (AvgIpc) is 3.19. The fourth-order valence-corrected chi connectivity index (χ4v) is 3.55. The summed E-state index contributed by atoms with van der Waals surface area (Å²) in [5.41, 5.74) is 1.04. The van der Waals surface area contributed by atoms with E-state index in [-0.39, 0.29) is 18.2 Å². The quantitative estimate of drug-likeness (QED) is 0.543. The summed E-state index contributed by atoms with van der Waals surface area (Å²) in [5, 5.41) is 18.1. The molecule has 1 saturated heterocycles. The molecule has 3 rings (SSSR count). The molecule has 2 heterocycles. The van der Waals surface area contributed by atoms with E-state index in [0.29, 0.717) is 24.4 Å². The third-order valence-electron chi connectivity index (χ3n) is 5.22. The largest absolute Gasteiger partial charge is 0.496 e. The minimum atomic E-state index is -0.859. The number of rotatable bonds is 7. The van der Waals surface area contributed by atoms with E-state index in [1.165, 1.54) is 6.92 Å². The van der Waals surface area contributed by atoms with Crippen LogP contribution in [0.2, 0.25) is 0 Å². The molecule has 0 radical (unpaired) electrons. The second-order valence-corrected chi connectivity index (χ2v) is 7.36. The molecule has 2 aromatic rings. The Kier molecular flexibility index (Phi) is 6.57. The molecule has 9 nitrogen and oxygen atoms in total. The standard InChI is InChI=1S/C21H25N5O4/c1-12(19(27)25-14(11-22)9-13-5-4-8-23-20(13)28)24-21(29)17-10-15-16(26-17)6-3-7-18(15)30-2/h3,6-7,10,12-14,26H,4-5,8-9H2,1-2H3,(H,23,28)(H,24,29)(H,25,27)/t12-,13-,14-/m0/s1. The minimum absolute atomic E-state index is 0.0914. The van der Waals surface area contributed by atoms with Crippen molar-refractivity contribution < 1.29 is 19.1 Å². The van der Waals surface area contributed by atoms with Gasteiger partial charge in [0, 0.05) is 23.4 Å². The molecule has 1 aromatic carbocycles. The van der Waals surface area contributed by atoms with Crippen LogP contribution in [0.1, 0.15) is 36.7 Å². The predicted octanol–water partition coefficient (Wildman–Crippen LogP) is 1.22. The van der Waals surface area contributed by atoms with Gasteiger partial charge < -0.3 is 25.7 Å². The number of H-pyrrole nitrogens is 1. The first-order chi connectivity index (χ1) is 14.4. The van der Waals surface area contributed by atoms with Gasteiger partial charge in [-0.25, -0.2) is 0 Å². The number of piperidine rings is 1. The highest BCUT2D eigenvalue weighted by molar-refractivity contribution is 6.01. The van der Waals surface area contributed by atoms with Gasteiger partial charge in [0.2, 0.25) is 11.8 Å². The lowest BCUT2D eigenvalue weighted by molar-refractivity contribution is -0.128. The van der Waals surface area contributed by atoms with Gasteiger partial charge in [-0.3, -0.25) is 14.4 Å². The maximum Gasteiger partial charge on any atom is 0.268 e. The first-order valence-corrected chi connectivity index (χ1v) is 9.87. The van der Waals surface area contributed by atoms with Crippen LogP contribution >= 0.6 is 0 Å². The molecule has 1 aliphatic rings. The Morgan fingerprint density at radius 2 is 2.17 bits per heavy atom. The molecule has 158 valence electrons. The van der Waals surface area contributed by atoms with Crippen LogP contribution in [0.5, 0.6) is 5.75 Å². The highest BCUT2D eigenvalue weighted by Gasteiger charge is 2.27. The van der Waals surface area contributed by atoms with Crippen LogP contribution in [-0.4, -0.2) is 48.4 Å². The highest BCUT2D eigenvalue weighted by Crippen LogP contribution is 2.26. The Labute approximate surface area is 174 Å². The molecule has 1 fully saturated rings. The van der Waals surface area contributed by atoms with Crippen molar-refractivity contribution in [3.63, 3.8) is 0 Å². The molecule has 0 spiro atoms. The molecule has 0 saturated carbocycles. The minimum Gasteiger partial charge on any atom is -0.496 e. The van der Waals surface area contributed by atoms with Crippen molar-refractivity contribution in [2.45, 2.75) is 38.3 Å². The van der Waals surface area contributed by atoms with Crippen molar-refractivity contribution in [3.8, 4) is 11.8 Å². The number of methoxy groups -OCH3 is 1. The van der Waals surface area contributed by atoms with E-state index in [1.807, 2.05) is 18.2 Å². The second-order valence-electron chi connectivity index (χ2n) is 7.36. The van der Waals surface area contributed by atoms with Crippen LogP contribution in [0, 0.1) is 17.2 Å². The van der Waals surface area contributed by atoms with Crippen molar-refractivity contribution >= 4 is 28.6 Å². The number of aromatic nitrogens is 1. The average molecular weight is 411 g/mol. The maximum absolute atomic E-state index is 12.6. The van der Waals surface area contributed by atoms with Gasteiger partial charge in [-0.15, -0.1) is 0 Å². The third-order valence-corrected chi connectivity index (χ3v) is 5.22. The molecule has 4 N–H and O–H groups in total. The van der Waals surface area contributed by atoms with Crippen molar-refractivity contribution in [2.75, 3.05) is 13.7 Å². The van der Waals surface area contributed by atoms with Gasteiger partial charge in [-0.2, -0.15) is 5.26 Å². The Morgan fingerprint density at radius 3 is 2.87 bits per heavy atom. The normalized spacial score (nSPS) is 18.0. The summed E-state index contributed by atoms with van der Waals surface area (Å²) in [7, 11) is 1.55. The molecule has 3 atom stereocenters. The Morgan fingerprint density at radius 1 is 1.37 bits per heavy atom. The number of hydrogen-bond acceptors (Lipinski definition) is 5. The van der Waals surface area contributed by atoms with E-state index in [4.69, 9.17) is 4.74 Å². The van der Waals surface area contributed by atoms with Gasteiger partial charge in [-0.1, -0.05) is 6.07 Å². The maximum atomic E-state index is 12.6. The number of hydrogen-bond donors (Lipinski definition) is 4. The van der Waals surface area contributed by atoms with E-state index in [1.54, 1.807) is 19.2 Å². The summed E-state index contributed by atoms with van der Waals surface area (Å²) in [6, 6.07) is 7.45. The lowest BCUT2D eigenvalue weighted by atomic mass is 9.92. The van der Waals surface area contributed by atoms with Gasteiger partial charge in [0.25, 0.3) is 5.91 Å². The number of aromatic amines is 1. The molecule has 1 aliphatic heterocycles. The van der Waals surface area contributed by atoms with Crippen molar-refractivity contribution in [3.05, 3.63) is 30.0 Å². The number of ether oxygens (including phenoxy) is 1. The molecular formula is C21H25N5O4. The van der Waals surface area contributed by atoms with Crippen LogP contribution in [0.4, 0.5) is 0 Å². The second kappa shape index (κ2) is 9.31. The zero-order valence-corrected chi connectivity index (χ0v) is 17.0. The van der Waals surface area contributed by atoms with Crippen LogP contribution < -0.4 is 20.7 Å². The molecule has 0 unspecified atom stereocenters. The Balaban J connectivity index is 1.59. The van der Waals surface area contributed by atoms with Crippen molar-refractivity contribution in [1.29, 1.82) is 5.26 Å². The monoisotopic (exact) mass is 411 g/mol. The number of nitrogens with one attached hydrogen (secondary N) is 4. The number of nitrogens with zero attached hydrogens (tertiary/aromatic N) is 1. The van der Waals surface area contributed by atoms with Gasteiger partial charge in [-0.05, 0) is 44.4 Å². The number of amides is 3. The summed E-state index contributed by atoms with van der Waals surface area (Å²) in [4.78, 5) is 39.9. The lowest BCUT2D eigenvalue weighted by Gasteiger charge is -2.24. The van der Waals surface area contributed by atoms with Gasteiger partial charge in [0.05, 0.1) is 13.2 Å². The van der Waals surface area contributed by atoms with E-state index >= 15 is 0 Å². The molecule has 30 heavy (non-hydrogen) atoms. The topological polar surface area (TPSA) is 136 Å². The Bertz CT molecular complexity index is 993. The van der Waals surface area contributed by atoms with Crippen LogP contribution in [-0.2, 0) is 9.59 Å². The summed E-state index contributed by atoms with van der Waals surface area (Å²) in [6.45, 7) is 2.18. The zero-order chi connectivity index (χ0) is 21.7. The molecular weight excluding hydrogens is 386 g/mol. The summed E-state index contributed by atoms with van der Waals surface area (Å²) >= 11 is 0. The molecule has 3 amide bonds. The van der Waals surface area contributed by atoms with Crippen LogP contribution in [0.15, 0.2) is 24.3 Å². The number of carbonyl (C=O) groups excluding carboxylic acids is 3. The molecule has 0 bridgehead atoms. The number of nitriles is 1. The third kappa shape index (κ3) is 4.71. The van der Waals surface area contributed by atoms with E-state index in [0.717, 1.165) is 17.3 Å². The van der Waals surface area contributed by atoms with E-state index in [2.05, 4.69) is 20.9 Å². The van der Waals surface area contributed by atoms with Gasteiger partial charge >= 0.3 is 0 Å². The summed E-state index contributed by atoms with van der Waals surface area (Å²) in [6.07, 6.45) is 1.79. The zero-order valence-electron chi connectivity index (χ0n) is 17.0. The first-order valence-electron chi connectivity index (χ1n) is 9.87. The smallest absolute Gasteiger partial charge is 0.268 e. The fraction of sp³-hybridized carbons (Fsp3) is 0.429. The van der Waals surface area contributed by atoms with Crippen molar-refractivity contribution in [2.24, 2.45) is 5.92 Å².